The fourth-order valence-electron chi connectivity index (χ4n) is 10.4. The van der Waals surface area contributed by atoms with Crippen molar-refractivity contribution in [2.45, 2.75) is 217 Å². The van der Waals surface area contributed by atoms with Gasteiger partial charge in [0.1, 0.15) is 146 Å². The number of carbonyl (C=O) groups is 3. The summed E-state index contributed by atoms with van der Waals surface area (Å²) in [5, 5.41) is 202. The van der Waals surface area contributed by atoms with Crippen molar-refractivity contribution in [3.63, 3.8) is 0 Å². The van der Waals surface area contributed by atoms with Gasteiger partial charge in [-0.05, 0) is 6.92 Å². The number of aliphatic carboxylic acids is 1. The topological polar surface area (TPSA) is 553 Å². The molecule has 13 unspecified atom stereocenters. The molecule has 6 rings (SSSR count). The summed E-state index contributed by atoms with van der Waals surface area (Å²) in [6, 6.07) is -3.49. The first-order chi connectivity index (χ1) is 37.7. The second-order valence-electron chi connectivity index (χ2n) is 20.2. The zero-order valence-corrected chi connectivity index (χ0v) is 43.4. The van der Waals surface area contributed by atoms with E-state index in [0.29, 0.717) is 0 Å². The normalized spacial score (nSPS) is 47.2. The van der Waals surface area contributed by atoms with Crippen molar-refractivity contribution >= 4 is 17.8 Å². The number of carboxylic acid groups (broad SMARTS) is 1. The number of nitrogens with one attached hydrogen (secondary N) is 2. The largest absolute Gasteiger partial charge is 0.544 e. The highest BCUT2D eigenvalue weighted by Crippen LogP contribution is 2.39. The number of carbonyl (C=O) groups excluding carboxylic acids is 3. The van der Waals surface area contributed by atoms with Gasteiger partial charge in [-0.3, -0.25) is 9.59 Å². The van der Waals surface area contributed by atoms with Gasteiger partial charge in [0.05, 0.1) is 57.9 Å². The lowest BCUT2D eigenvalue weighted by atomic mass is 9.88. The molecule has 35 nitrogen and oxygen atoms in total. The number of rotatable bonds is 22. The minimum absolute atomic E-state index is 0.789. The minimum Gasteiger partial charge on any atom is -0.544 e. The predicted molar refractivity (Wildman–Crippen MR) is 245 cm³/mol. The number of aliphatic hydroxyl groups excluding tert-OH is 17. The van der Waals surface area contributed by atoms with Crippen LogP contribution in [-0.4, -0.2) is 341 Å². The molecule has 35 heteroatoms. The van der Waals surface area contributed by atoms with E-state index in [2.05, 4.69) is 10.6 Å². The Hall–Kier alpha value is -2.75. The lowest BCUT2D eigenvalue weighted by molar-refractivity contribution is -0.411. The number of amides is 2. The van der Waals surface area contributed by atoms with E-state index >= 15 is 0 Å². The number of carboxylic acids is 1. The number of ether oxygens (including phenoxy) is 12. The molecule has 19 N–H and O–H groups in total. The third kappa shape index (κ3) is 14.1. The number of hydrogen-bond donors (Lipinski definition) is 19. The van der Waals surface area contributed by atoms with Gasteiger partial charge in [0.2, 0.25) is 17.6 Å². The number of methoxy groups -OCH3 is 1. The maximum atomic E-state index is 12.9. The van der Waals surface area contributed by atoms with Crippen LogP contribution in [0.3, 0.4) is 0 Å². The third-order valence-electron chi connectivity index (χ3n) is 14.7. The van der Waals surface area contributed by atoms with Gasteiger partial charge in [0.15, 0.2) is 25.2 Å². The van der Waals surface area contributed by atoms with Crippen LogP contribution in [0.15, 0.2) is 0 Å². The molecule has 6 saturated heterocycles. The van der Waals surface area contributed by atoms with E-state index in [1.54, 1.807) is 0 Å². The molecule has 6 aliphatic heterocycles. The smallest absolute Gasteiger partial charge is 0.217 e. The van der Waals surface area contributed by atoms with Crippen LogP contribution in [0.2, 0.25) is 0 Å². The fraction of sp³-hybridized carbons (Fsp3) is 0.933. The van der Waals surface area contributed by atoms with Crippen LogP contribution in [0.1, 0.15) is 27.2 Å². The van der Waals surface area contributed by atoms with Gasteiger partial charge in [-0.15, -0.1) is 0 Å². The number of hydrogen-bond acceptors (Lipinski definition) is 33. The van der Waals surface area contributed by atoms with E-state index in [-0.39, 0.29) is 0 Å². The Kier molecular flexibility index (Phi) is 23.6. The Morgan fingerprint density at radius 1 is 0.562 bits per heavy atom. The summed E-state index contributed by atoms with van der Waals surface area (Å²) in [6.45, 7) is -2.53. The van der Waals surface area contributed by atoms with E-state index in [9.17, 15) is 106 Å². The summed E-state index contributed by atoms with van der Waals surface area (Å²) < 4.78 is 68.8. The van der Waals surface area contributed by atoms with Gasteiger partial charge < -0.3 is 164 Å². The average molecular weight is 1170 g/mol. The van der Waals surface area contributed by atoms with Gasteiger partial charge in [0, 0.05) is 27.4 Å². The van der Waals surface area contributed by atoms with E-state index in [1.807, 2.05) is 0 Å². The standard InChI is InChI=1S/C45H76N2O33/c1-12-24(57)28(61)36(19(9-51)71-12)77-42-32(65)30(63)37(78-41-31(64)29(62)34(69-4)18(8-50)74-41)21(75-42)11-70-40-23(47-14(3)54)27(60)35(20(10-52)73-40)76-43-33(66)39(26(59)17(7-49)72-43)80-45(44(67)68)5-15(55)22(46-13(2)53)38(79-45)25(58)16(56)6-48/h12,15-43,48-52,55-66H,5-11H2,1-4H3,(H,46,53)(H,47,54)(H,67,68)/p-1/t12-,15+,16?,17?,18?,19?,20?,21?,22+,23-,24+,25?,26-,27?,28?,29+,30+,31?,32?,33-,34+,35+,36+,37-,38?,39?,40+,41+,42-,43-,45-/m0/s1. The van der Waals surface area contributed by atoms with Crippen LogP contribution in [0.4, 0.5) is 0 Å². The second kappa shape index (κ2) is 28.4. The van der Waals surface area contributed by atoms with Gasteiger partial charge in [-0.2, -0.15) is 0 Å². The zero-order chi connectivity index (χ0) is 59.4. The van der Waals surface area contributed by atoms with Crippen LogP contribution < -0.4 is 15.7 Å². The molecule has 0 aliphatic carbocycles. The summed E-state index contributed by atoms with van der Waals surface area (Å²) >= 11 is 0. The van der Waals surface area contributed by atoms with Gasteiger partial charge in [-0.1, -0.05) is 0 Å². The molecule has 31 atom stereocenters. The molecular weight excluding hydrogens is 1100 g/mol. The first-order valence-corrected chi connectivity index (χ1v) is 25.4. The number of aliphatic hydroxyl groups is 17. The molecule has 0 saturated carbocycles. The molecule has 0 spiro atoms. The molecule has 0 bridgehead atoms. The molecule has 80 heavy (non-hydrogen) atoms. The summed E-state index contributed by atoms with van der Waals surface area (Å²) in [4.78, 5) is 37.7. The van der Waals surface area contributed by atoms with Gasteiger partial charge in [-0.25, -0.2) is 0 Å². The monoisotopic (exact) mass is 1170 g/mol. The summed E-state index contributed by atoms with van der Waals surface area (Å²) in [5.74, 6) is -7.33. The summed E-state index contributed by atoms with van der Waals surface area (Å²) in [5.41, 5.74) is 0. The van der Waals surface area contributed by atoms with Crippen molar-refractivity contribution < 1.29 is 163 Å². The second-order valence-corrected chi connectivity index (χ2v) is 20.2. The van der Waals surface area contributed by atoms with Crippen LogP contribution >= 0.6 is 0 Å². The van der Waals surface area contributed by atoms with E-state index in [4.69, 9.17) is 56.8 Å². The molecular formula is C45H75N2O33-. The van der Waals surface area contributed by atoms with Gasteiger partial charge in [0.25, 0.3) is 0 Å². The Balaban J connectivity index is 1.26. The van der Waals surface area contributed by atoms with Crippen LogP contribution in [0.25, 0.3) is 0 Å². The van der Waals surface area contributed by atoms with Crippen molar-refractivity contribution in [1.82, 2.24) is 10.6 Å². The molecule has 6 heterocycles. The van der Waals surface area contributed by atoms with E-state index in [0.717, 1.165) is 21.0 Å². The molecule has 6 aliphatic rings. The lowest BCUT2D eigenvalue weighted by Crippen LogP contribution is -2.72. The van der Waals surface area contributed by atoms with Crippen LogP contribution in [0, 0.1) is 0 Å². The minimum atomic E-state index is -3.30. The quantitative estimate of drug-likeness (QED) is 0.0479. The van der Waals surface area contributed by atoms with Gasteiger partial charge >= 0.3 is 0 Å². The lowest BCUT2D eigenvalue weighted by Gasteiger charge is -2.52. The van der Waals surface area contributed by atoms with Crippen molar-refractivity contribution in [2.75, 3.05) is 46.8 Å². The SMILES string of the molecule is CO[C@@H]1C(CO)O[C@H](O[C@H]2C(CO[C@@H]3OC(CO)[C@@H](O[C@@H]4OC(CO)[C@H](O)C(O[C@]5(C(=O)[O-])C[C@@H](O)[C@@H](NC(C)=O)C(C(O)C(O)CO)O5)[C@@H]4O)C(O)[C@@H]3NC(C)=O)O[C@@H](O[C@@H]3C(CO)O[C@@H](C)[C@@H](O)C3O)C(O)[C@H]2O)C(O)[C@H]1O. The maximum Gasteiger partial charge on any atom is 0.217 e. The van der Waals surface area contributed by atoms with Crippen molar-refractivity contribution in [3.05, 3.63) is 0 Å². The van der Waals surface area contributed by atoms with Crippen molar-refractivity contribution in [1.29, 1.82) is 0 Å². The summed E-state index contributed by atoms with van der Waals surface area (Å²) in [7, 11) is 1.15. The van der Waals surface area contributed by atoms with Crippen molar-refractivity contribution in [3.8, 4) is 0 Å². The molecule has 464 valence electrons. The zero-order valence-electron chi connectivity index (χ0n) is 43.4. The highest BCUT2D eigenvalue weighted by Gasteiger charge is 2.59. The molecule has 0 radical (unpaired) electrons. The Morgan fingerprint density at radius 2 is 1.01 bits per heavy atom. The van der Waals surface area contributed by atoms with Crippen molar-refractivity contribution in [2.24, 2.45) is 0 Å². The molecule has 0 aromatic rings. The van der Waals surface area contributed by atoms with Crippen LogP contribution in [-0.2, 0) is 71.2 Å². The predicted octanol–water partition coefficient (Wildman–Crippen LogP) is -14.2. The Labute approximate surface area is 454 Å². The van der Waals surface area contributed by atoms with E-state index in [1.165, 1.54) is 6.92 Å². The Morgan fingerprint density at radius 3 is 1.54 bits per heavy atom. The average Bonchev–Trinajstić information content (AvgIpc) is 3.51. The third-order valence-corrected chi connectivity index (χ3v) is 14.7. The molecule has 6 fully saturated rings. The highest BCUT2D eigenvalue weighted by molar-refractivity contribution is 5.75. The summed E-state index contributed by atoms with van der Waals surface area (Å²) in [6.07, 6.45) is -54.3. The van der Waals surface area contributed by atoms with E-state index < -0.39 is 253 Å². The molecule has 2 amide bonds. The maximum absolute atomic E-state index is 12.9. The Bertz CT molecular complexity index is 1980. The molecule has 0 aromatic carbocycles. The van der Waals surface area contributed by atoms with Crippen LogP contribution in [0.5, 0.6) is 0 Å². The first kappa shape index (κ1) is 66.4. The molecule has 0 aromatic heterocycles. The highest BCUT2D eigenvalue weighted by atomic mass is 16.8. The first-order valence-electron chi connectivity index (χ1n) is 25.4. The fourth-order valence-corrected chi connectivity index (χ4v) is 10.4.